The number of nitro benzene ring substituents is 1. The van der Waals surface area contributed by atoms with Crippen LogP contribution in [0.2, 0.25) is 0 Å². The molecule has 2 aromatic rings. The van der Waals surface area contributed by atoms with Gasteiger partial charge in [-0.15, -0.1) is 0 Å². The number of hydrogen-bond acceptors (Lipinski definition) is 6. The van der Waals surface area contributed by atoms with Gasteiger partial charge in [-0.2, -0.15) is 0 Å². The van der Waals surface area contributed by atoms with Crippen LogP contribution >= 0.6 is 0 Å². The molecule has 0 radical (unpaired) electrons. The van der Waals surface area contributed by atoms with Crippen molar-refractivity contribution in [1.29, 1.82) is 0 Å². The van der Waals surface area contributed by atoms with E-state index in [0.717, 1.165) is 24.0 Å². The number of fused-ring (bicyclic) bond motifs is 1. The number of benzene rings is 2. The molecule has 0 atom stereocenters. The maximum absolute atomic E-state index is 13.5. The van der Waals surface area contributed by atoms with Gasteiger partial charge in [-0.3, -0.25) is 14.9 Å². The highest BCUT2D eigenvalue weighted by Gasteiger charge is 2.33. The summed E-state index contributed by atoms with van der Waals surface area (Å²) in [4.78, 5) is 26.2. The van der Waals surface area contributed by atoms with Crippen molar-refractivity contribution in [2.75, 3.05) is 32.3 Å². The molecule has 0 bridgehead atoms. The zero-order valence-electron chi connectivity index (χ0n) is 17.0. The van der Waals surface area contributed by atoms with Gasteiger partial charge in [0.1, 0.15) is 11.3 Å². The second kappa shape index (κ2) is 8.38. The monoisotopic (exact) mass is 400 g/mol. The van der Waals surface area contributed by atoms with Crippen molar-refractivity contribution in [1.82, 2.24) is 0 Å². The molecule has 0 N–H and O–H groups in total. The summed E-state index contributed by atoms with van der Waals surface area (Å²) in [6.45, 7) is 4.55. The van der Waals surface area contributed by atoms with Crippen molar-refractivity contribution in [3.8, 4) is 17.2 Å². The molecular formula is C21H24N2O6. The van der Waals surface area contributed by atoms with Gasteiger partial charge in [0, 0.05) is 12.6 Å². The van der Waals surface area contributed by atoms with E-state index >= 15 is 0 Å². The summed E-state index contributed by atoms with van der Waals surface area (Å²) < 4.78 is 16.2. The van der Waals surface area contributed by atoms with Crippen molar-refractivity contribution in [2.45, 2.75) is 26.7 Å². The molecule has 1 aliphatic heterocycles. The first-order chi connectivity index (χ1) is 13.9. The third-order valence-electron chi connectivity index (χ3n) is 5.03. The Labute approximate surface area is 169 Å². The van der Waals surface area contributed by atoms with Gasteiger partial charge < -0.3 is 19.1 Å². The summed E-state index contributed by atoms with van der Waals surface area (Å²) >= 11 is 0. The predicted molar refractivity (Wildman–Crippen MR) is 109 cm³/mol. The van der Waals surface area contributed by atoms with Gasteiger partial charge in [0.05, 0.1) is 37.5 Å². The minimum absolute atomic E-state index is 0.0457. The van der Waals surface area contributed by atoms with Crippen LogP contribution < -0.4 is 19.1 Å². The predicted octanol–water partition coefficient (Wildman–Crippen LogP) is 3.91. The maximum atomic E-state index is 13.5. The molecule has 0 unspecified atom stereocenters. The fourth-order valence-corrected chi connectivity index (χ4v) is 3.67. The summed E-state index contributed by atoms with van der Waals surface area (Å²) in [5.74, 6) is 0.602. The van der Waals surface area contributed by atoms with Gasteiger partial charge in [0.2, 0.25) is 0 Å². The lowest BCUT2D eigenvalue weighted by molar-refractivity contribution is -0.385. The highest BCUT2D eigenvalue weighted by atomic mass is 16.6. The SMILES string of the molecule is CCOc1cc(C(=O)N2CCCc3c(C)ccc(OC)c32)c([N+](=O)[O-])cc1OC. The summed E-state index contributed by atoms with van der Waals surface area (Å²) in [5.41, 5.74) is 2.37. The van der Waals surface area contributed by atoms with E-state index < -0.39 is 10.8 Å². The zero-order chi connectivity index (χ0) is 21.1. The molecule has 0 saturated carbocycles. The van der Waals surface area contributed by atoms with E-state index in [1.807, 2.05) is 19.1 Å². The molecule has 154 valence electrons. The summed E-state index contributed by atoms with van der Waals surface area (Å²) in [6.07, 6.45) is 1.58. The zero-order valence-corrected chi connectivity index (χ0v) is 17.0. The van der Waals surface area contributed by atoms with Crippen LogP contribution in [0.5, 0.6) is 17.2 Å². The molecule has 0 spiro atoms. The number of amides is 1. The Morgan fingerprint density at radius 3 is 2.52 bits per heavy atom. The number of nitro groups is 1. The number of anilines is 1. The number of rotatable bonds is 6. The highest BCUT2D eigenvalue weighted by Crippen LogP contribution is 2.41. The number of nitrogens with zero attached hydrogens (tertiary/aromatic N) is 2. The number of carbonyl (C=O) groups is 1. The van der Waals surface area contributed by atoms with Crippen LogP contribution in [0.1, 0.15) is 34.8 Å². The molecule has 1 heterocycles. The Morgan fingerprint density at radius 2 is 1.90 bits per heavy atom. The fraction of sp³-hybridized carbons (Fsp3) is 0.381. The van der Waals surface area contributed by atoms with Crippen molar-refractivity contribution < 1.29 is 23.9 Å². The first-order valence-electron chi connectivity index (χ1n) is 9.40. The van der Waals surface area contributed by atoms with Crippen molar-refractivity contribution in [2.24, 2.45) is 0 Å². The van der Waals surface area contributed by atoms with Crippen LogP contribution in [-0.4, -0.2) is 38.2 Å². The smallest absolute Gasteiger partial charge is 0.286 e. The van der Waals surface area contributed by atoms with Crippen LogP contribution in [-0.2, 0) is 6.42 Å². The average molecular weight is 400 g/mol. The second-order valence-corrected chi connectivity index (χ2v) is 6.68. The molecule has 0 saturated heterocycles. The summed E-state index contributed by atoms with van der Waals surface area (Å²) in [6, 6.07) is 6.39. The Bertz CT molecular complexity index is 957. The molecule has 2 aromatic carbocycles. The van der Waals surface area contributed by atoms with E-state index in [0.29, 0.717) is 24.6 Å². The number of carbonyl (C=O) groups excluding carboxylic acids is 1. The van der Waals surface area contributed by atoms with Crippen LogP contribution in [0.25, 0.3) is 0 Å². The lowest BCUT2D eigenvalue weighted by Gasteiger charge is -2.32. The molecule has 0 aliphatic carbocycles. The minimum Gasteiger partial charge on any atom is -0.495 e. The third kappa shape index (κ3) is 3.70. The Morgan fingerprint density at radius 1 is 1.17 bits per heavy atom. The van der Waals surface area contributed by atoms with E-state index in [1.165, 1.54) is 19.2 Å². The number of methoxy groups -OCH3 is 2. The van der Waals surface area contributed by atoms with Crippen LogP contribution in [0.4, 0.5) is 11.4 Å². The molecule has 8 nitrogen and oxygen atoms in total. The van der Waals surface area contributed by atoms with Crippen LogP contribution in [0, 0.1) is 17.0 Å². The lowest BCUT2D eigenvalue weighted by atomic mass is 9.95. The van der Waals surface area contributed by atoms with Gasteiger partial charge >= 0.3 is 0 Å². The Kier molecular flexibility index (Phi) is 5.91. The quantitative estimate of drug-likeness (QED) is 0.539. The largest absolute Gasteiger partial charge is 0.495 e. The average Bonchev–Trinajstić information content (AvgIpc) is 2.73. The normalized spacial score (nSPS) is 12.9. The molecule has 8 heteroatoms. The maximum Gasteiger partial charge on any atom is 0.286 e. The van der Waals surface area contributed by atoms with E-state index in [2.05, 4.69) is 0 Å². The van der Waals surface area contributed by atoms with Crippen molar-refractivity contribution >= 4 is 17.3 Å². The molecule has 0 fully saturated rings. The van der Waals surface area contributed by atoms with Gasteiger partial charge in [0.15, 0.2) is 11.5 Å². The second-order valence-electron chi connectivity index (χ2n) is 6.68. The molecular weight excluding hydrogens is 376 g/mol. The number of hydrogen-bond donors (Lipinski definition) is 0. The van der Waals surface area contributed by atoms with Crippen molar-refractivity contribution in [3.63, 3.8) is 0 Å². The van der Waals surface area contributed by atoms with Gasteiger partial charge in [-0.25, -0.2) is 0 Å². The topological polar surface area (TPSA) is 91.1 Å². The third-order valence-corrected chi connectivity index (χ3v) is 5.03. The number of aryl methyl sites for hydroxylation is 1. The van der Waals surface area contributed by atoms with E-state index in [4.69, 9.17) is 14.2 Å². The van der Waals surface area contributed by atoms with Gasteiger partial charge in [-0.05, 0) is 43.9 Å². The van der Waals surface area contributed by atoms with Gasteiger partial charge in [-0.1, -0.05) is 6.07 Å². The van der Waals surface area contributed by atoms with E-state index in [1.54, 1.807) is 18.9 Å². The highest BCUT2D eigenvalue weighted by molar-refractivity contribution is 6.10. The molecule has 1 amide bonds. The van der Waals surface area contributed by atoms with Crippen molar-refractivity contribution in [3.05, 3.63) is 51.1 Å². The lowest BCUT2D eigenvalue weighted by Crippen LogP contribution is -2.36. The first kappa shape index (κ1) is 20.4. The fourth-order valence-electron chi connectivity index (χ4n) is 3.67. The summed E-state index contributed by atoms with van der Waals surface area (Å²) in [7, 11) is 2.95. The van der Waals surface area contributed by atoms with Gasteiger partial charge in [0.25, 0.3) is 11.6 Å². The minimum atomic E-state index is -0.580. The summed E-state index contributed by atoms with van der Waals surface area (Å²) in [5, 5.41) is 11.7. The molecule has 1 aliphatic rings. The molecule has 3 rings (SSSR count). The van der Waals surface area contributed by atoms with E-state index in [9.17, 15) is 14.9 Å². The Hall–Kier alpha value is -3.29. The number of ether oxygens (including phenoxy) is 3. The standard InChI is InChI=1S/C21H24N2O6/c1-5-29-19-11-15(16(23(25)26)12-18(19)28-4)21(24)22-10-6-7-14-13(2)8-9-17(27-3)20(14)22/h8-9,11-12H,5-7,10H2,1-4H3. The van der Waals surface area contributed by atoms with E-state index in [-0.39, 0.29) is 22.7 Å². The van der Waals surface area contributed by atoms with Crippen LogP contribution in [0.3, 0.4) is 0 Å². The molecule has 29 heavy (non-hydrogen) atoms. The van der Waals surface area contributed by atoms with Crippen LogP contribution in [0.15, 0.2) is 24.3 Å². The Balaban J connectivity index is 2.16. The molecule has 0 aromatic heterocycles. The first-order valence-corrected chi connectivity index (χ1v) is 9.40.